The maximum atomic E-state index is 13.3. The van der Waals surface area contributed by atoms with Gasteiger partial charge in [0, 0.05) is 25.3 Å². The van der Waals surface area contributed by atoms with E-state index in [9.17, 15) is 13.2 Å². The summed E-state index contributed by atoms with van der Waals surface area (Å²) in [4.78, 5) is 17.0. The fraction of sp³-hybridized carbons (Fsp3) is 0.667. The van der Waals surface area contributed by atoms with Crippen molar-refractivity contribution in [3.8, 4) is 0 Å². The third kappa shape index (κ3) is 3.14. The maximum Gasteiger partial charge on any atom is 0.257 e. The van der Waals surface area contributed by atoms with Gasteiger partial charge in [-0.25, -0.2) is 8.42 Å². The summed E-state index contributed by atoms with van der Waals surface area (Å²) in [5.74, 6) is 1.54. The Kier molecular flexibility index (Phi) is 4.22. The van der Waals surface area contributed by atoms with Crippen LogP contribution in [0.2, 0.25) is 0 Å². The van der Waals surface area contributed by atoms with Crippen LogP contribution in [0.1, 0.15) is 39.0 Å². The van der Waals surface area contributed by atoms with Crippen molar-refractivity contribution in [2.75, 3.05) is 18.8 Å². The molecule has 2 fully saturated rings. The van der Waals surface area contributed by atoms with E-state index in [1.807, 2.05) is 11.0 Å². The number of piperidine rings is 1. The van der Waals surface area contributed by atoms with Crippen LogP contribution in [0, 0.1) is 11.8 Å². The summed E-state index contributed by atoms with van der Waals surface area (Å²) >= 11 is 0. The fourth-order valence-corrected chi connectivity index (χ4v) is 5.67. The predicted molar refractivity (Wildman–Crippen MR) is 96.4 cm³/mol. The van der Waals surface area contributed by atoms with Crippen LogP contribution in [0.3, 0.4) is 0 Å². The maximum absolute atomic E-state index is 13.3. The Hall–Kier alpha value is -1.63. The molecular formula is C18H25N3O3S. The average Bonchev–Trinajstić information content (AvgIpc) is 2.59. The molecular weight excluding hydrogens is 338 g/mol. The minimum atomic E-state index is -3.48. The second-order valence-electron chi connectivity index (χ2n) is 7.70. The van der Waals surface area contributed by atoms with E-state index in [-0.39, 0.29) is 11.7 Å². The Labute approximate surface area is 149 Å². The SMILES string of the molecule is C[C@@H]1CC[C@@H]2[C@H](CCCN2C(=O)C2=CC=CN3CCS(=O)(=O)N=C23)C1. The number of amidine groups is 1. The van der Waals surface area contributed by atoms with Crippen LogP contribution in [0.15, 0.2) is 28.3 Å². The highest BCUT2D eigenvalue weighted by molar-refractivity contribution is 7.90. The molecule has 1 amide bonds. The molecule has 3 aliphatic heterocycles. The van der Waals surface area contributed by atoms with E-state index >= 15 is 0 Å². The molecule has 1 saturated carbocycles. The van der Waals surface area contributed by atoms with Gasteiger partial charge in [0.2, 0.25) is 0 Å². The van der Waals surface area contributed by atoms with E-state index in [0.29, 0.717) is 29.9 Å². The molecule has 0 N–H and O–H groups in total. The summed E-state index contributed by atoms with van der Waals surface area (Å²) in [6.45, 7) is 3.41. The fourth-order valence-electron chi connectivity index (χ4n) is 4.68. The van der Waals surface area contributed by atoms with Gasteiger partial charge < -0.3 is 9.80 Å². The highest BCUT2D eigenvalue weighted by Crippen LogP contribution is 2.38. The first kappa shape index (κ1) is 16.8. The average molecular weight is 363 g/mol. The standard InChI is InChI=1S/C18H25N3O3S/c1-13-6-7-16-14(12-13)4-2-9-21(16)18(22)15-5-3-8-20-10-11-25(23,24)19-17(15)20/h3,5,8,13-14,16H,2,4,6-7,9-12H2,1H3/t13-,14-,16-/m1/s1. The summed E-state index contributed by atoms with van der Waals surface area (Å²) < 4.78 is 27.7. The van der Waals surface area contributed by atoms with Crippen LogP contribution >= 0.6 is 0 Å². The molecule has 3 atom stereocenters. The number of sulfonamides is 1. The molecule has 4 rings (SSSR count). The van der Waals surface area contributed by atoms with Crippen LogP contribution < -0.4 is 0 Å². The first-order chi connectivity index (χ1) is 11.9. The number of hydrogen-bond donors (Lipinski definition) is 0. The van der Waals surface area contributed by atoms with Crippen LogP contribution in [0.4, 0.5) is 0 Å². The van der Waals surface area contributed by atoms with Gasteiger partial charge in [0.05, 0.1) is 11.3 Å². The molecule has 0 spiro atoms. The number of hydrogen-bond acceptors (Lipinski definition) is 4. The second kappa shape index (κ2) is 6.27. The lowest BCUT2D eigenvalue weighted by Gasteiger charge is -2.46. The number of rotatable bonds is 1. The zero-order valence-corrected chi connectivity index (χ0v) is 15.4. The van der Waals surface area contributed by atoms with Gasteiger partial charge in [-0.15, -0.1) is 4.40 Å². The van der Waals surface area contributed by atoms with Gasteiger partial charge in [-0.05, 0) is 56.1 Å². The minimum Gasteiger partial charge on any atom is -0.335 e. The molecule has 0 bridgehead atoms. The Bertz CT molecular complexity index is 768. The Balaban J connectivity index is 1.62. The number of fused-ring (bicyclic) bond motifs is 2. The predicted octanol–water partition coefficient (Wildman–Crippen LogP) is 1.91. The monoisotopic (exact) mass is 363 g/mol. The van der Waals surface area contributed by atoms with E-state index in [1.54, 1.807) is 17.2 Å². The molecule has 25 heavy (non-hydrogen) atoms. The molecule has 0 unspecified atom stereocenters. The largest absolute Gasteiger partial charge is 0.335 e. The second-order valence-corrected chi connectivity index (χ2v) is 9.46. The van der Waals surface area contributed by atoms with Gasteiger partial charge in [0.15, 0.2) is 5.84 Å². The number of nitrogens with zero attached hydrogens (tertiary/aromatic N) is 3. The normalized spacial score (nSPS) is 33.9. The lowest BCUT2D eigenvalue weighted by Crippen LogP contribution is -2.52. The van der Waals surface area contributed by atoms with Crippen LogP contribution in [0.5, 0.6) is 0 Å². The Morgan fingerprint density at radius 2 is 2.08 bits per heavy atom. The number of carbonyl (C=O) groups excluding carboxylic acids is 1. The summed E-state index contributed by atoms with van der Waals surface area (Å²) in [5.41, 5.74) is 0.421. The Morgan fingerprint density at radius 3 is 2.92 bits per heavy atom. The lowest BCUT2D eigenvalue weighted by molar-refractivity contribution is -0.133. The molecule has 7 heteroatoms. The molecule has 3 heterocycles. The Morgan fingerprint density at radius 1 is 1.24 bits per heavy atom. The van der Waals surface area contributed by atoms with Gasteiger partial charge in [-0.1, -0.05) is 6.92 Å². The highest BCUT2D eigenvalue weighted by atomic mass is 32.2. The van der Waals surface area contributed by atoms with Crippen molar-refractivity contribution < 1.29 is 13.2 Å². The molecule has 4 aliphatic rings. The number of likely N-dealkylation sites (tertiary alicyclic amines) is 1. The smallest absolute Gasteiger partial charge is 0.257 e. The van der Waals surface area contributed by atoms with Gasteiger partial charge >= 0.3 is 0 Å². The van der Waals surface area contributed by atoms with Crippen LogP contribution in [0.25, 0.3) is 0 Å². The van der Waals surface area contributed by atoms with Gasteiger partial charge in [-0.2, -0.15) is 0 Å². The summed E-state index contributed by atoms with van der Waals surface area (Å²) in [7, 11) is -3.48. The first-order valence-corrected chi connectivity index (χ1v) is 10.8. The molecule has 136 valence electrons. The molecule has 0 aromatic carbocycles. The number of carbonyl (C=O) groups is 1. The van der Waals surface area contributed by atoms with Crippen molar-refractivity contribution in [2.24, 2.45) is 16.2 Å². The zero-order chi connectivity index (χ0) is 17.6. The number of allylic oxidation sites excluding steroid dienone is 2. The van der Waals surface area contributed by atoms with Gasteiger partial charge in [-0.3, -0.25) is 4.79 Å². The van der Waals surface area contributed by atoms with Gasteiger partial charge in [0.1, 0.15) is 0 Å². The van der Waals surface area contributed by atoms with E-state index in [2.05, 4.69) is 11.3 Å². The van der Waals surface area contributed by atoms with E-state index in [0.717, 1.165) is 31.7 Å². The van der Waals surface area contributed by atoms with Crippen molar-refractivity contribution in [2.45, 2.75) is 45.1 Å². The quantitative estimate of drug-likeness (QED) is 0.714. The lowest BCUT2D eigenvalue weighted by atomic mass is 9.74. The number of amides is 1. The molecule has 1 saturated heterocycles. The summed E-state index contributed by atoms with van der Waals surface area (Å²) in [5, 5.41) is 0. The van der Waals surface area contributed by atoms with Crippen molar-refractivity contribution in [3.63, 3.8) is 0 Å². The van der Waals surface area contributed by atoms with Gasteiger partial charge in [0.25, 0.3) is 15.9 Å². The van der Waals surface area contributed by atoms with E-state index in [1.165, 1.54) is 12.8 Å². The molecule has 0 radical (unpaired) electrons. The van der Waals surface area contributed by atoms with E-state index in [4.69, 9.17) is 0 Å². The topological polar surface area (TPSA) is 70.1 Å². The first-order valence-electron chi connectivity index (χ1n) is 9.24. The molecule has 1 aliphatic carbocycles. The van der Waals surface area contributed by atoms with Crippen molar-refractivity contribution >= 4 is 21.8 Å². The van der Waals surface area contributed by atoms with Crippen LogP contribution in [-0.4, -0.2) is 54.8 Å². The minimum absolute atomic E-state index is 0.00534. The molecule has 0 aromatic rings. The third-order valence-electron chi connectivity index (χ3n) is 5.93. The van der Waals surface area contributed by atoms with Crippen LogP contribution in [-0.2, 0) is 14.8 Å². The van der Waals surface area contributed by atoms with Crippen molar-refractivity contribution in [1.82, 2.24) is 9.80 Å². The summed E-state index contributed by atoms with van der Waals surface area (Å²) in [6.07, 6.45) is 10.9. The van der Waals surface area contributed by atoms with E-state index < -0.39 is 10.0 Å². The van der Waals surface area contributed by atoms with Crippen molar-refractivity contribution in [1.29, 1.82) is 0 Å². The summed E-state index contributed by atoms with van der Waals surface area (Å²) in [6, 6.07) is 0.290. The third-order valence-corrected chi connectivity index (χ3v) is 7.08. The molecule has 6 nitrogen and oxygen atoms in total. The zero-order valence-electron chi connectivity index (χ0n) is 14.6. The van der Waals surface area contributed by atoms with Crippen molar-refractivity contribution in [3.05, 3.63) is 23.9 Å². The highest BCUT2D eigenvalue weighted by Gasteiger charge is 2.40. The molecule has 0 aromatic heterocycles.